The van der Waals surface area contributed by atoms with Crippen molar-refractivity contribution in [2.45, 2.75) is 13.1 Å². The molecular formula is C7H10F3N3OS. The van der Waals surface area contributed by atoms with Crippen molar-refractivity contribution in [1.29, 1.82) is 0 Å². The zero-order valence-corrected chi connectivity index (χ0v) is 8.77. The van der Waals surface area contributed by atoms with Gasteiger partial charge in [-0.25, -0.2) is 4.98 Å². The molecule has 0 aromatic carbocycles. The fourth-order valence-corrected chi connectivity index (χ4v) is 1.69. The Kier molecular flexibility index (Phi) is 3.86. The molecule has 0 fully saturated rings. The fraction of sp³-hybridized carbons (Fsp3) is 0.714. The van der Waals surface area contributed by atoms with Gasteiger partial charge in [-0.3, -0.25) is 0 Å². The summed E-state index contributed by atoms with van der Waals surface area (Å²) in [5, 5.41) is 8.83. The molecule has 0 spiro atoms. The van der Waals surface area contributed by atoms with E-state index in [4.69, 9.17) is 5.11 Å². The summed E-state index contributed by atoms with van der Waals surface area (Å²) in [7, 11) is 0. The lowest BCUT2D eigenvalue weighted by Crippen LogP contribution is -2.36. The zero-order chi connectivity index (χ0) is 11.5. The zero-order valence-electron chi connectivity index (χ0n) is 7.95. The minimum absolute atomic E-state index is 0.103. The topological polar surface area (TPSA) is 49.2 Å². The van der Waals surface area contributed by atoms with Crippen LogP contribution in [-0.2, 0) is 0 Å². The van der Waals surface area contributed by atoms with Crippen molar-refractivity contribution in [3.05, 3.63) is 5.82 Å². The molecule has 0 aliphatic heterocycles. The van der Waals surface area contributed by atoms with Gasteiger partial charge in [-0.2, -0.15) is 17.5 Å². The van der Waals surface area contributed by atoms with Crippen LogP contribution in [0.15, 0.2) is 0 Å². The second kappa shape index (κ2) is 4.75. The monoisotopic (exact) mass is 241 g/mol. The van der Waals surface area contributed by atoms with Crippen LogP contribution in [0.5, 0.6) is 0 Å². The molecule has 0 saturated carbocycles. The average molecular weight is 241 g/mol. The third-order valence-electron chi connectivity index (χ3n) is 1.53. The molecule has 1 aromatic heterocycles. The second-order valence-electron chi connectivity index (χ2n) is 2.88. The summed E-state index contributed by atoms with van der Waals surface area (Å²) >= 11 is 0.892. The van der Waals surface area contributed by atoms with E-state index in [1.54, 1.807) is 6.92 Å². The molecule has 8 heteroatoms. The smallest absolute Gasteiger partial charge is 0.395 e. The maximum Gasteiger partial charge on any atom is 0.406 e. The van der Waals surface area contributed by atoms with Crippen molar-refractivity contribution in [2.24, 2.45) is 0 Å². The van der Waals surface area contributed by atoms with Crippen LogP contribution in [0.3, 0.4) is 0 Å². The maximum absolute atomic E-state index is 12.2. The van der Waals surface area contributed by atoms with Crippen molar-refractivity contribution in [1.82, 2.24) is 9.36 Å². The van der Waals surface area contributed by atoms with Crippen LogP contribution in [0, 0.1) is 6.92 Å². The SMILES string of the molecule is Cc1nsc(N(CCO)CC(F)(F)F)n1. The molecular weight excluding hydrogens is 231 g/mol. The summed E-state index contributed by atoms with van der Waals surface area (Å²) in [4.78, 5) is 4.80. The van der Waals surface area contributed by atoms with Gasteiger partial charge in [0.15, 0.2) is 0 Å². The molecule has 86 valence electrons. The highest BCUT2D eigenvalue weighted by molar-refractivity contribution is 7.09. The minimum atomic E-state index is -4.31. The van der Waals surface area contributed by atoms with Crippen molar-refractivity contribution in [3.8, 4) is 0 Å². The van der Waals surface area contributed by atoms with Gasteiger partial charge < -0.3 is 10.0 Å². The molecule has 1 heterocycles. The van der Waals surface area contributed by atoms with Crippen LogP contribution >= 0.6 is 11.5 Å². The predicted molar refractivity (Wildman–Crippen MR) is 50.0 cm³/mol. The molecule has 4 nitrogen and oxygen atoms in total. The highest BCUT2D eigenvalue weighted by Gasteiger charge is 2.31. The van der Waals surface area contributed by atoms with Crippen molar-refractivity contribution >= 4 is 16.7 Å². The van der Waals surface area contributed by atoms with Gasteiger partial charge in [0.1, 0.15) is 12.4 Å². The molecule has 0 radical (unpaired) electrons. The van der Waals surface area contributed by atoms with E-state index in [0.717, 1.165) is 16.4 Å². The van der Waals surface area contributed by atoms with Gasteiger partial charge in [0.2, 0.25) is 5.13 Å². The van der Waals surface area contributed by atoms with E-state index in [1.807, 2.05) is 0 Å². The number of nitrogens with zero attached hydrogens (tertiary/aromatic N) is 3. The quantitative estimate of drug-likeness (QED) is 0.860. The summed E-state index contributed by atoms with van der Waals surface area (Å²) in [5.41, 5.74) is 0. The molecule has 15 heavy (non-hydrogen) atoms. The Morgan fingerprint density at radius 2 is 2.13 bits per heavy atom. The Morgan fingerprint density at radius 3 is 2.53 bits per heavy atom. The van der Waals surface area contributed by atoms with E-state index in [-0.39, 0.29) is 18.3 Å². The van der Waals surface area contributed by atoms with E-state index in [1.165, 1.54) is 0 Å². The van der Waals surface area contributed by atoms with E-state index in [9.17, 15) is 13.2 Å². The van der Waals surface area contributed by atoms with Gasteiger partial charge in [0, 0.05) is 18.1 Å². The van der Waals surface area contributed by atoms with Crippen LogP contribution in [0.2, 0.25) is 0 Å². The Bertz CT molecular complexity index is 315. The first kappa shape index (κ1) is 12.2. The first-order valence-corrected chi connectivity index (χ1v) is 4.92. The number of hydrogen-bond donors (Lipinski definition) is 1. The Hall–Kier alpha value is -0.890. The van der Waals surface area contributed by atoms with Crippen molar-refractivity contribution in [3.63, 3.8) is 0 Å². The molecule has 0 bridgehead atoms. The number of anilines is 1. The van der Waals surface area contributed by atoms with Gasteiger partial charge in [-0.1, -0.05) is 0 Å². The lowest BCUT2D eigenvalue weighted by Gasteiger charge is -2.21. The number of halogens is 3. The van der Waals surface area contributed by atoms with Gasteiger partial charge >= 0.3 is 6.18 Å². The Labute approximate surface area is 88.5 Å². The van der Waals surface area contributed by atoms with Crippen LogP contribution in [0.25, 0.3) is 0 Å². The molecule has 0 saturated heterocycles. The molecule has 0 atom stereocenters. The first-order chi connectivity index (χ1) is 6.92. The third-order valence-corrected chi connectivity index (χ3v) is 2.40. The van der Waals surface area contributed by atoms with Gasteiger partial charge in [-0.15, -0.1) is 0 Å². The third kappa shape index (κ3) is 4.00. The number of aryl methyl sites for hydroxylation is 1. The number of aromatic nitrogens is 2. The van der Waals surface area contributed by atoms with E-state index < -0.39 is 12.7 Å². The molecule has 0 aliphatic rings. The fourth-order valence-electron chi connectivity index (χ4n) is 0.994. The van der Waals surface area contributed by atoms with E-state index in [0.29, 0.717) is 5.82 Å². The lowest BCUT2D eigenvalue weighted by atomic mass is 10.5. The van der Waals surface area contributed by atoms with Crippen LogP contribution < -0.4 is 4.90 Å². The Balaban J connectivity index is 2.74. The number of hydrogen-bond acceptors (Lipinski definition) is 5. The maximum atomic E-state index is 12.2. The average Bonchev–Trinajstić information content (AvgIpc) is 2.48. The highest BCUT2D eigenvalue weighted by Crippen LogP contribution is 2.23. The molecule has 1 aromatic rings. The summed E-state index contributed by atoms with van der Waals surface area (Å²) in [6, 6.07) is 0. The Morgan fingerprint density at radius 1 is 1.47 bits per heavy atom. The second-order valence-corrected chi connectivity index (χ2v) is 3.61. The molecule has 0 aliphatic carbocycles. The van der Waals surface area contributed by atoms with Crippen molar-refractivity contribution in [2.75, 3.05) is 24.6 Å². The minimum Gasteiger partial charge on any atom is -0.395 e. The largest absolute Gasteiger partial charge is 0.406 e. The molecule has 0 unspecified atom stereocenters. The number of rotatable bonds is 4. The van der Waals surface area contributed by atoms with Crippen LogP contribution in [0.4, 0.5) is 18.3 Å². The number of aliphatic hydroxyl groups excluding tert-OH is 1. The number of alkyl halides is 3. The molecule has 0 amide bonds. The van der Waals surface area contributed by atoms with Crippen LogP contribution in [-0.4, -0.2) is 40.3 Å². The van der Waals surface area contributed by atoms with E-state index in [2.05, 4.69) is 9.36 Å². The standard InChI is InChI=1S/C7H10F3N3OS/c1-5-11-6(15-12-5)13(2-3-14)4-7(8,9)10/h14H,2-4H2,1H3. The van der Waals surface area contributed by atoms with Gasteiger partial charge in [-0.05, 0) is 6.92 Å². The lowest BCUT2D eigenvalue weighted by molar-refractivity contribution is -0.119. The first-order valence-electron chi connectivity index (χ1n) is 4.15. The van der Waals surface area contributed by atoms with Gasteiger partial charge in [0.05, 0.1) is 6.61 Å². The predicted octanol–water partition coefficient (Wildman–Crippen LogP) is 1.21. The summed E-state index contributed by atoms with van der Waals surface area (Å²) in [6.45, 7) is 0.0236. The van der Waals surface area contributed by atoms with Gasteiger partial charge in [0.25, 0.3) is 0 Å². The normalized spacial score (nSPS) is 11.8. The summed E-state index contributed by atoms with van der Waals surface area (Å²) < 4.78 is 40.3. The van der Waals surface area contributed by atoms with E-state index >= 15 is 0 Å². The van der Waals surface area contributed by atoms with Crippen molar-refractivity contribution < 1.29 is 18.3 Å². The van der Waals surface area contributed by atoms with Crippen LogP contribution in [0.1, 0.15) is 5.82 Å². The molecule has 1 rings (SSSR count). The molecule has 1 N–H and O–H groups in total. The summed E-state index contributed by atoms with van der Waals surface area (Å²) in [5.74, 6) is 0.431. The number of aliphatic hydroxyl groups is 1. The highest BCUT2D eigenvalue weighted by atomic mass is 32.1. The summed E-state index contributed by atoms with van der Waals surface area (Å²) in [6.07, 6.45) is -4.31.